The van der Waals surface area contributed by atoms with Crippen molar-refractivity contribution in [3.05, 3.63) is 53.2 Å². The Kier molecular flexibility index (Phi) is 3.67. The first-order valence-electron chi connectivity index (χ1n) is 5.85. The zero-order chi connectivity index (χ0) is 13.1. The zero-order valence-electron chi connectivity index (χ0n) is 10.6. The molecule has 0 bridgehead atoms. The van der Waals surface area contributed by atoms with Crippen LogP contribution in [0.4, 0.5) is 10.1 Å². The van der Waals surface area contributed by atoms with Gasteiger partial charge in [0.25, 0.3) is 0 Å². The number of benzene rings is 1. The van der Waals surface area contributed by atoms with E-state index >= 15 is 0 Å². The summed E-state index contributed by atoms with van der Waals surface area (Å²) in [5.41, 5.74) is 7.14. The second kappa shape index (κ2) is 5.23. The van der Waals surface area contributed by atoms with Gasteiger partial charge in [-0.25, -0.2) is 4.39 Å². The number of aryl methyl sites for hydroxylation is 1. The number of rotatable bonds is 4. The third-order valence-corrected chi connectivity index (χ3v) is 2.94. The van der Waals surface area contributed by atoms with Crippen LogP contribution in [0.15, 0.2) is 34.7 Å². The van der Waals surface area contributed by atoms with E-state index in [-0.39, 0.29) is 5.82 Å². The van der Waals surface area contributed by atoms with Crippen molar-refractivity contribution in [3.63, 3.8) is 0 Å². The monoisotopic (exact) mass is 248 g/mol. The van der Waals surface area contributed by atoms with Gasteiger partial charge in [-0.1, -0.05) is 12.1 Å². The van der Waals surface area contributed by atoms with Gasteiger partial charge in [-0.05, 0) is 25.1 Å². The van der Waals surface area contributed by atoms with Crippen LogP contribution in [-0.2, 0) is 13.1 Å². The van der Waals surface area contributed by atoms with E-state index in [1.54, 1.807) is 12.1 Å². The average molecular weight is 248 g/mol. The van der Waals surface area contributed by atoms with Crippen molar-refractivity contribution in [2.45, 2.75) is 20.0 Å². The molecule has 96 valence electrons. The highest BCUT2D eigenvalue weighted by molar-refractivity contribution is 5.47. The summed E-state index contributed by atoms with van der Waals surface area (Å²) in [6.45, 7) is 2.87. The van der Waals surface area contributed by atoms with E-state index in [0.717, 1.165) is 17.1 Å². The van der Waals surface area contributed by atoms with Crippen molar-refractivity contribution < 1.29 is 8.81 Å². The molecule has 0 unspecified atom stereocenters. The maximum atomic E-state index is 13.6. The summed E-state index contributed by atoms with van der Waals surface area (Å²) in [6, 6.07) is 8.64. The van der Waals surface area contributed by atoms with Crippen molar-refractivity contribution in [2.75, 3.05) is 11.9 Å². The molecule has 3 nitrogen and oxygen atoms in total. The van der Waals surface area contributed by atoms with E-state index in [2.05, 4.69) is 0 Å². The molecule has 0 saturated heterocycles. The molecule has 1 aromatic carbocycles. The lowest BCUT2D eigenvalue weighted by Crippen LogP contribution is -2.17. The SMILES string of the molecule is Cc1oc(CN)cc1CN(C)c1ccccc1F. The number of halogens is 1. The smallest absolute Gasteiger partial charge is 0.146 e. The summed E-state index contributed by atoms with van der Waals surface area (Å²) >= 11 is 0. The molecule has 0 fully saturated rings. The molecule has 2 aromatic rings. The van der Waals surface area contributed by atoms with Gasteiger partial charge < -0.3 is 15.1 Å². The van der Waals surface area contributed by atoms with E-state index in [1.165, 1.54) is 6.07 Å². The molecule has 0 aliphatic rings. The van der Waals surface area contributed by atoms with E-state index in [9.17, 15) is 4.39 Å². The Labute approximate surface area is 106 Å². The predicted octanol–water partition coefficient (Wildman–Crippen LogP) is 2.82. The first-order valence-corrected chi connectivity index (χ1v) is 5.85. The van der Waals surface area contributed by atoms with Crippen molar-refractivity contribution in [1.29, 1.82) is 0 Å². The fourth-order valence-electron chi connectivity index (χ4n) is 1.95. The highest BCUT2D eigenvalue weighted by Gasteiger charge is 2.11. The summed E-state index contributed by atoms with van der Waals surface area (Å²) in [7, 11) is 1.85. The molecule has 0 aliphatic heterocycles. The molecule has 0 saturated carbocycles. The van der Waals surface area contributed by atoms with Crippen molar-refractivity contribution in [1.82, 2.24) is 0 Å². The summed E-state index contributed by atoms with van der Waals surface area (Å²) in [5.74, 6) is 1.36. The van der Waals surface area contributed by atoms with Gasteiger partial charge in [-0.3, -0.25) is 0 Å². The Bertz CT molecular complexity index is 536. The van der Waals surface area contributed by atoms with Crippen LogP contribution in [0.1, 0.15) is 17.1 Å². The van der Waals surface area contributed by atoms with Crippen LogP contribution in [0.3, 0.4) is 0 Å². The number of hydrogen-bond acceptors (Lipinski definition) is 3. The van der Waals surface area contributed by atoms with Gasteiger partial charge in [0.15, 0.2) is 0 Å². The Hall–Kier alpha value is -1.81. The van der Waals surface area contributed by atoms with Gasteiger partial charge >= 0.3 is 0 Å². The molecular weight excluding hydrogens is 231 g/mol. The maximum Gasteiger partial charge on any atom is 0.146 e. The van der Waals surface area contributed by atoms with Crippen LogP contribution >= 0.6 is 0 Å². The second-order valence-corrected chi connectivity index (χ2v) is 4.31. The lowest BCUT2D eigenvalue weighted by Gasteiger charge is -2.19. The highest BCUT2D eigenvalue weighted by atomic mass is 19.1. The van der Waals surface area contributed by atoms with Crippen molar-refractivity contribution >= 4 is 5.69 Å². The van der Waals surface area contributed by atoms with Crippen LogP contribution in [0.2, 0.25) is 0 Å². The number of hydrogen-bond donors (Lipinski definition) is 1. The molecule has 2 N–H and O–H groups in total. The molecule has 0 radical (unpaired) electrons. The van der Waals surface area contributed by atoms with Gasteiger partial charge in [0.05, 0.1) is 12.2 Å². The van der Waals surface area contributed by atoms with Crippen LogP contribution in [0.5, 0.6) is 0 Å². The predicted molar refractivity (Wildman–Crippen MR) is 69.8 cm³/mol. The van der Waals surface area contributed by atoms with Crippen molar-refractivity contribution in [2.24, 2.45) is 5.73 Å². The van der Waals surface area contributed by atoms with Gasteiger partial charge in [0.2, 0.25) is 0 Å². The molecule has 0 amide bonds. The third kappa shape index (κ3) is 2.54. The van der Waals surface area contributed by atoms with E-state index in [1.807, 2.05) is 31.0 Å². The summed E-state index contributed by atoms with van der Waals surface area (Å²) in [6.07, 6.45) is 0. The third-order valence-electron chi connectivity index (χ3n) is 2.94. The molecule has 0 aliphatic carbocycles. The standard InChI is InChI=1S/C14H17FN2O/c1-10-11(7-12(8-16)18-10)9-17(2)14-6-4-3-5-13(14)15/h3-7H,8-9,16H2,1-2H3. The number of nitrogens with two attached hydrogens (primary N) is 1. The van der Waals surface area contributed by atoms with Crippen LogP contribution in [0, 0.1) is 12.7 Å². The Morgan fingerprint density at radius 1 is 1.33 bits per heavy atom. The second-order valence-electron chi connectivity index (χ2n) is 4.31. The quantitative estimate of drug-likeness (QED) is 0.904. The molecule has 2 rings (SSSR count). The zero-order valence-corrected chi connectivity index (χ0v) is 10.6. The minimum absolute atomic E-state index is 0.222. The van der Waals surface area contributed by atoms with E-state index < -0.39 is 0 Å². The van der Waals surface area contributed by atoms with Gasteiger partial charge in [-0.15, -0.1) is 0 Å². The topological polar surface area (TPSA) is 42.4 Å². The van der Waals surface area contributed by atoms with Gasteiger partial charge in [-0.2, -0.15) is 0 Å². The minimum atomic E-state index is -0.222. The minimum Gasteiger partial charge on any atom is -0.465 e. The Balaban J connectivity index is 2.18. The fourth-order valence-corrected chi connectivity index (χ4v) is 1.95. The summed E-state index contributed by atoms with van der Waals surface area (Å²) in [4.78, 5) is 1.85. The largest absolute Gasteiger partial charge is 0.465 e. The van der Waals surface area contributed by atoms with Crippen LogP contribution in [-0.4, -0.2) is 7.05 Å². The summed E-state index contributed by atoms with van der Waals surface area (Å²) < 4.78 is 19.1. The van der Waals surface area contributed by atoms with Gasteiger partial charge in [0.1, 0.15) is 17.3 Å². The maximum absolute atomic E-state index is 13.6. The average Bonchev–Trinajstić information content (AvgIpc) is 2.70. The number of anilines is 1. The Morgan fingerprint density at radius 3 is 2.67 bits per heavy atom. The molecule has 1 heterocycles. The fraction of sp³-hybridized carbons (Fsp3) is 0.286. The van der Waals surface area contributed by atoms with Gasteiger partial charge in [0, 0.05) is 19.2 Å². The molecule has 1 aromatic heterocycles. The Morgan fingerprint density at radius 2 is 2.06 bits per heavy atom. The normalized spacial score (nSPS) is 10.7. The van der Waals surface area contributed by atoms with Crippen LogP contribution < -0.4 is 10.6 Å². The van der Waals surface area contributed by atoms with E-state index in [0.29, 0.717) is 18.8 Å². The van der Waals surface area contributed by atoms with Crippen molar-refractivity contribution in [3.8, 4) is 0 Å². The first kappa shape index (κ1) is 12.6. The molecule has 0 spiro atoms. The molecule has 18 heavy (non-hydrogen) atoms. The first-order chi connectivity index (χ1) is 8.61. The number of nitrogens with zero attached hydrogens (tertiary/aromatic N) is 1. The molecule has 4 heteroatoms. The lowest BCUT2D eigenvalue weighted by molar-refractivity contribution is 0.482. The lowest BCUT2D eigenvalue weighted by atomic mass is 10.2. The van der Waals surface area contributed by atoms with E-state index in [4.69, 9.17) is 10.2 Å². The highest BCUT2D eigenvalue weighted by Crippen LogP contribution is 2.22. The van der Waals surface area contributed by atoms with Crippen LogP contribution in [0.25, 0.3) is 0 Å². The number of furan rings is 1. The molecule has 0 atom stereocenters. The number of para-hydroxylation sites is 1. The summed E-state index contributed by atoms with van der Waals surface area (Å²) in [5, 5.41) is 0. The molecular formula is C14H17FN2O.